The summed E-state index contributed by atoms with van der Waals surface area (Å²) < 4.78 is 1.92. The number of rotatable bonds is 6. The molecule has 0 atom stereocenters. The molecular weight excluding hydrogens is 768 g/mol. The number of amidine groups is 2. The third-order valence-electron chi connectivity index (χ3n) is 7.40. The normalized spacial score (nSPS) is 16.4. The average Bonchev–Trinajstić information content (AvgIpc) is 3.64. The summed E-state index contributed by atoms with van der Waals surface area (Å²) in [7, 11) is 0. The van der Waals surface area contributed by atoms with Crippen LogP contribution in [-0.4, -0.2) is 22.1 Å². The molecule has 2 aliphatic rings. The Kier molecular flexibility index (Phi) is 9.58. The number of thioether (sulfide) groups is 2. The van der Waals surface area contributed by atoms with Gasteiger partial charge in [-0.3, -0.25) is 9.59 Å². The van der Waals surface area contributed by atoms with E-state index < -0.39 is 0 Å². The molecule has 5 aromatic carbocycles. The zero-order chi connectivity index (χ0) is 33.0. The van der Waals surface area contributed by atoms with Gasteiger partial charge in [-0.15, -0.1) is 0 Å². The van der Waals surface area contributed by atoms with Gasteiger partial charge in [0.15, 0.2) is 10.3 Å². The van der Waals surface area contributed by atoms with E-state index >= 15 is 0 Å². The quantitative estimate of drug-likeness (QED) is 0.167. The minimum Gasteiger partial charge on any atom is -0.334 e. The fraction of sp³-hybridized carbons (Fsp3) is 0. The number of anilines is 2. The van der Waals surface area contributed by atoms with Crippen LogP contribution in [0, 0.1) is 0 Å². The Morgan fingerprint density at radius 1 is 0.479 bits per heavy atom. The lowest BCUT2D eigenvalue weighted by atomic mass is 9.97. The summed E-state index contributed by atoms with van der Waals surface area (Å²) in [6.45, 7) is 0. The Morgan fingerprint density at radius 3 is 1.25 bits per heavy atom. The highest BCUT2D eigenvalue weighted by Gasteiger charge is 2.29. The van der Waals surface area contributed by atoms with Crippen LogP contribution in [0.4, 0.5) is 11.4 Å². The number of nitrogens with one attached hydrogen (secondary N) is 2. The molecule has 2 amide bonds. The van der Waals surface area contributed by atoms with Crippen molar-refractivity contribution in [3.63, 3.8) is 0 Å². The summed E-state index contributed by atoms with van der Waals surface area (Å²) >= 11 is 9.63. The van der Waals surface area contributed by atoms with E-state index in [4.69, 9.17) is 0 Å². The Hall–Kier alpha value is -4.48. The van der Waals surface area contributed by atoms with Gasteiger partial charge < -0.3 is 10.6 Å². The van der Waals surface area contributed by atoms with Crippen molar-refractivity contribution >= 4 is 100 Å². The van der Waals surface area contributed by atoms with Gasteiger partial charge >= 0.3 is 0 Å². The van der Waals surface area contributed by atoms with Crippen LogP contribution >= 0.6 is 55.4 Å². The molecule has 2 N–H and O–H groups in total. The second-order valence-electron chi connectivity index (χ2n) is 10.6. The second-order valence-corrected chi connectivity index (χ2v) is 14.5. The van der Waals surface area contributed by atoms with E-state index in [0.717, 1.165) is 53.7 Å². The zero-order valence-corrected chi connectivity index (χ0v) is 29.8. The lowest BCUT2D eigenvalue weighted by molar-refractivity contribution is -0.114. The molecule has 234 valence electrons. The molecule has 0 radical (unpaired) electrons. The van der Waals surface area contributed by atoms with Crippen molar-refractivity contribution in [1.29, 1.82) is 0 Å². The maximum Gasteiger partial charge on any atom is 0.286 e. The van der Waals surface area contributed by atoms with Crippen LogP contribution in [0.1, 0.15) is 22.3 Å². The van der Waals surface area contributed by atoms with Crippen LogP contribution in [0.25, 0.3) is 11.1 Å². The molecule has 48 heavy (non-hydrogen) atoms. The van der Waals surface area contributed by atoms with Gasteiger partial charge in [-0.2, -0.15) is 9.98 Å². The van der Waals surface area contributed by atoms with Crippen LogP contribution < -0.4 is 10.6 Å². The van der Waals surface area contributed by atoms with Crippen molar-refractivity contribution in [2.75, 3.05) is 10.6 Å². The van der Waals surface area contributed by atoms with Crippen molar-refractivity contribution in [1.82, 2.24) is 0 Å². The van der Waals surface area contributed by atoms with E-state index in [1.165, 1.54) is 23.5 Å². The smallest absolute Gasteiger partial charge is 0.286 e. The Labute approximate surface area is 302 Å². The second kappa shape index (κ2) is 14.3. The highest BCUT2D eigenvalue weighted by atomic mass is 79.9. The maximum atomic E-state index is 13.3. The van der Waals surface area contributed by atoms with Crippen LogP contribution in [-0.2, 0) is 9.59 Å². The SMILES string of the molecule is O=C1N=C(Nc2cccc(NC3=NC(=O)/C(=C(/c4ccccc4)c4ccc(Br)cc4)S3)c2)S/C1=C(\c1ccccc1)c1ccc(Br)cc1. The molecule has 0 saturated carbocycles. The van der Waals surface area contributed by atoms with Crippen molar-refractivity contribution in [3.05, 3.63) is 174 Å². The molecule has 0 saturated heterocycles. The number of benzene rings is 5. The largest absolute Gasteiger partial charge is 0.334 e. The van der Waals surface area contributed by atoms with Crippen LogP contribution in [0.5, 0.6) is 0 Å². The monoisotopic (exact) mass is 790 g/mol. The predicted molar refractivity (Wildman–Crippen MR) is 207 cm³/mol. The fourth-order valence-electron chi connectivity index (χ4n) is 5.26. The first-order valence-corrected chi connectivity index (χ1v) is 18.0. The average molecular weight is 793 g/mol. The molecule has 2 heterocycles. The van der Waals surface area contributed by atoms with Gasteiger partial charge in [0.1, 0.15) is 0 Å². The first-order chi connectivity index (χ1) is 23.4. The van der Waals surface area contributed by atoms with Crippen LogP contribution in [0.2, 0.25) is 0 Å². The summed E-state index contributed by atoms with van der Waals surface area (Å²) in [5.74, 6) is -0.596. The van der Waals surface area contributed by atoms with E-state index in [0.29, 0.717) is 20.1 Å². The number of amides is 2. The molecule has 0 fully saturated rings. The van der Waals surface area contributed by atoms with Crippen LogP contribution in [0.15, 0.2) is 162 Å². The summed E-state index contributed by atoms with van der Waals surface area (Å²) in [4.78, 5) is 36.4. The number of hydrogen-bond acceptors (Lipinski definition) is 6. The first kappa shape index (κ1) is 32.1. The molecule has 0 aliphatic carbocycles. The highest BCUT2D eigenvalue weighted by Crippen LogP contribution is 2.40. The summed E-state index contributed by atoms with van der Waals surface area (Å²) in [6, 6.07) is 43.1. The minimum absolute atomic E-state index is 0.298. The van der Waals surface area contributed by atoms with Gasteiger partial charge in [-0.1, -0.05) is 123 Å². The molecule has 0 unspecified atom stereocenters. The Balaban J connectivity index is 1.11. The van der Waals surface area contributed by atoms with E-state index in [2.05, 4.69) is 52.5 Å². The topological polar surface area (TPSA) is 82.9 Å². The van der Waals surface area contributed by atoms with Gasteiger partial charge in [0.05, 0.1) is 9.81 Å². The van der Waals surface area contributed by atoms with E-state index in [-0.39, 0.29) is 11.8 Å². The first-order valence-electron chi connectivity index (χ1n) is 14.8. The van der Waals surface area contributed by atoms with Crippen LogP contribution in [0.3, 0.4) is 0 Å². The number of nitrogens with zero attached hydrogens (tertiary/aromatic N) is 2. The molecule has 10 heteroatoms. The highest BCUT2D eigenvalue weighted by molar-refractivity contribution is 9.10. The number of carbonyl (C=O) groups is 2. The van der Waals surface area contributed by atoms with Crippen molar-refractivity contribution in [2.24, 2.45) is 9.98 Å². The fourth-order valence-corrected chi connectivity index (χ4v) is 7.71. The summed E-state index contributed by atoms with van der Waals surface area (Å²) in [5, 5.41) is 7.56. The molecular formula is C38H24Br2N4O2S2. The lowest BCUT2D eigenvalue weighted by Crippen LogP contribution is -2.07. The van der Waals surface area contributed by atoms with E-state index in [1.54, 1.807) is 0 Å². The van der Waals surface area contributed by atoms with Gasteiger partial charge in [-0.25, -0.2) is 0 Å². The van der Waals surface area contributed by atoms with Gasteiger partial charge in [0.25, 0.3) is 11.8 Å². The standard InChI is InChI=1S/C38H24Br2N4O2S2/c39-27-18-14-25(15-19-27)31(23-8-3-1-4-9-23)33-35(45)43-37(47-33)41-29-12-7-13-30(22-29)42-38-44-36(46)34(48-38)32(24-10-5-2-6-11-24)26-16-20-28(40)21-17-26/h1-22H,(H,41,43,45)(H,42,44,46)/b33-31+,34-32+. The molecule has 0 spiro atoms. The molecule has 5 aromatic rings. The van der Waals surface area contributed by atoms with Gasteiger partial charge in [0, 0.05) is 31.5 Å². The van der Waals surface area contributed by atoms with Gasteiger partial charge in [0.2, 0.25) is 0 Å². The van der Waals surface area contributed by atoms with Crippen molar-refractivity contribution in [3.8, 4) is 0 Å². The summed E-state index contributed by atoms with van der Waals surface area (Å²) in [6.07, 6.45) is 0. The molecule has 0 aromatic heterocycles. The molecule has 0 bridgehead atoms. The number of hydrogen-bond donors (Lipinski definition) is 2. The Bertz CT molecular complexity index is 2010. The lowest BCUT2D eigenvalue weighted by Gasteiger charge is -2.12. The van der Waals surface area contributed by atoms with Gasteiger partial charge in [-0.05, 0) is 88.2 Å². The minimum atomic E-state index is -0.298. The number of carbonyl (C=O) groups excluding carboxylic acids is 2. The third-order valence-corrected chi connectivity index (χ3v) is 10.4. The summed E-state index contributed by atoms with van der Waals surface area (Å²) in [5.41, 5.74) is 6.85. The van der Waals surface area contributed by atoms with Crippen molar-refractivity contribution in [2.45, 2.75) is 0 Å². The van der Waals surface area contributed by atoms with Crippen molar-refractivity contribution < 1.29 is 9.59 Å². The molecule has 7 rings (SSSR count). The maximum absolute atomic E-state index is 13.3. The zero-order valence-electron chi connectivity index (χ0n) is 25.0. The number of halogens is 2. The van der Waals surface area contributed by atoms with E-state index in [1.807, 2.05) is 133 Å². The van der Waals surface area contributed by atoms with E-state index in [9.17, 15) is 9.59 Å². The molecule has 6 nitrogen and oxygen atoms in total. The number of aliphatic imine (C=N–C) groups is 2. The third kappa shape index (κ3) is 7.17. The predicted octanol–water partition coefficient (Wildman–Crippen LogP) is 10.2. The Morgan fingerprint density at radius 2 is 0.854 bits per heavy atom. The molecule has 2 aliphatic heterocycles.